The molecule has 0 saturated carbocycles. The molecule has 0 amide bonds. The third kappa shape index (κ3) is 3.43. The Balaban J connectivity index is 2.22. The molecule has 0 fully saturated rings. The van der Waals surface area contributed by atoms with E-state index in [4.69, 9.17) is 16.3 Å². The molecular formula is C14H18ClN3O3S. The van der Waals surface area contributed by atoms with Crippen molar-refractivity contribution < 1.29 is 13.2 Å². The van der Waals surface area contributed by atoms with Crippen LogP contribution in [0.2, 0.25) is 5.02 Å². The number of hydrogen-bond donors (Lipinski definition) is 0. The Morgan fingerprint density at radius 2 is 1.95 bits per heavy atom. The van der Waals surface area contributed by atoms with Crippen LogP contribution in [0, 0.1) is 0 Å². The van der Waals surface area contributed by atoms with Crippen LogP contribution in [0.15, 0.2) is 35.4 Å². The number of nitrogens with zero attached hydrogens (tertiary/aromatic N) is 3. The second kappa shape index (κ2) is 6.68. The number of benzene rings is 1. The van der Waals surface area contributed by atoms with Gasteiger partial charge in [-0.15, -0.1) is 0 Å². The maximum atomic E-state index is 12.5. The fourth-order valence-electron chi connectivity index (χ4n) is 1.93. The van der Waals surface area contributed by atoms with Crippen molar-refractivity contribution >= 4 is 21.6 Å². The van der Waals surface area contributed by atoms with E-state index in [9.17, 15) is 8.42 Å². The minimum Gasteiger partial charge on any atom is -0.497 e. The highest BCUT2D eigenvalue weighted by molar-refractivity contribution is 7.89. The molecule has 0 spiro atoms. The van der Waals surface area contributed by atoms with Gasteiger partial charge in [0.15, 0.2) is 0 Å². The van der Waals surface area contributed by atoms with E-state index in [0.29, 0.717) is 23.0 Å². The van der Waals surface area contributed by atoms with Crippen LogP contribution in [0.3, 0.4) is 0 Å². The summed E-state index contributed by atoms with van der Waals surface area (Å²) in [5.41, 5.74) is 0.531. The predicted molar refractivity (Wildman–Crippen MR) is 84.6 cm³/mol. The molecular weight excluding hydrogens is 326 g/mol. The zero-order valence-electron chi connectivity index (χ0n) is 12.7. The monoisotopic (exact) mass is 343 g/mol. The Morgan fingerprint density at radius 1 is 1.32 bits per heavy atom. The lowest BCUT2D eigenvalue weighted by atomic mass is 10.3. The number of hydrogen-bond acceptors (Lipinski definition) is 4. The van der Waals surface area contributed by atoms with Gasteiger partial charge in [-0.1, -0.05) is 11.6 Å². The first kappa shape index (κ1) is 16.8. The first-order valence-corrected chi connectivity index (χ1v) is 8.52. The molecule has 0 unspecified atom stereocenters. The molecule has 0 N–H and O–H groups in total. The number of methoxy groups -OCH3 is 1. The quantitative estimate of drug-likeness (QED) is 0.807. The van der Waals surface area contributed by atoms with Gasteiger partial charge in [0, 0.05) is 19.8 Å². The van der Waals surface area contributed by atoms with Gasteiger partial charge in [0.2, 0.25) is 10.0 Å². The Hall–Kier alpha value is -1.57. The fraction of sp³-hybridized carbons (Fsp3) is 0.357. The number of rotatable bonds is 6. The SMILES string of the molecule is CCn1cc(Cl)c(CN(C)S(=O)(=O)c2ccc(OC)cc2)n1. The summed E-state index contributed by atoms with van der Waals surface area (Å²) in [5.74, 6) is 0.603. The van der Waals surface area contributed by atoms with E-state index < -0.39 is 10.0 Å². The van der Waals surface area contributed by atoms with E-state index in [1.54, 1.807) is 23.0 Å². The van der Waals surface area contributed by atoms with Crippen LogP contribution in [0.4, 0.5) is 0 Å². The molecule has 2 aromatic rings. The van der Waals surface area contributed by atoms with Crippen molar-refractivity contribution in [1.29, 1.82) is 0 Å². The maximum absolute atomic E-state index is 12.5. The van der Waals surface area contributed by atoms with Crippen LogP contribution in [-0.4, -0.2) is 36.7 Å². The lowest BCUT2D eigenvalue weighted by Gasteiger charge is -2.16. The van der Waals surface area contributed by atoms with Crippen LogP contribution in [-0.2, 0) is 23.1 Å². The summed E-state index contributed by atoms with van der Waals surface area (Å²) in [6.45, 7) is 2.72. The second-order valence-corrected chi connectivity index (χ2v) is 7.17. The summed E-state index contributed by atoms with van der Waals surface area (Å²) in [6.07, 6.45) is 1.69. The van der Waals surface area contributed by atoms with Crippen molar-refractivity contribution in [3.05, 3.63) is 41.2 Å². The molecule has 8 heteroatoms. The first-order valence-electron chi connectivity index (χ1n) is 6.70. The highest BCUT2D eigenvalue weighted by Gasteiger charge is 2.22. The molecule has 1 aromatic heterocycles. The van der Waals surface area contributed by atoms with Crippen LogP contribution in [0.5, 0.6) is 5.75 Å². The van der Waals surface area contributed by atoms with Gasteiger partial charge in [0.05, 0.1) is 29.3 Å². The zero-order chi connectivity index (χ0) is 16.3. The maximum Gasteiger partial charge on any atom is 0.243 e. The van der Waals surface area contributed by atoms with Gasteiger partial charge in [-0.2, -0.15) is 9.40 Å². The van der Waals surface area contributed by atoms with Crippen molar-refractivity contribution in [2.75, 3.05) is 14.2 Å². The van der Waals surface area contributed by atoms with Crippen molar-refractivity contribution in [1.82, 2.24) is 14.1 Å². The predicted octanol–water partition coefficient (Wildman–Crippen LogP) is 2.39. The molecule has 120 valence electrons. The van der Waals surface area contributed by atoms with E-state index in [2.05, 4.69) is 5.10 Å². The third-order valence-electron chi connectivity index (χ3n) is 3.25. The molecule has 2 rings (SSSR count). The Bertz CT molecular complexity index is 741. The molecule has 1 heterocycles. The summed E-state index contributed by atoms with van der Waals surface area (Å²) < 4.78 is 33.0. The molecule has 0 saturated heterocycles. The molecule has 22 heavy (non-hydrogen) atoms. The van der Waals surface area contributed by atoms with Gasteiger partial charge in [-0.05, 0) is 31.2 Å². The topological polar surface area (TPSA) is 64.4 Å². The van der Waals surface area contributed by atoms with Gasteiger partial charge in [-0.3, -0.25) is 4.68 Å². The highest BCUT2D eigenvalue weighted by atomic mass is 35.5. The van der Waals surface area contributed by atoms with Gasteiger partial charge >= 0.3 is 0 Å². The average Bonchev–Trinajstić information content (AvgIpc) is 2.87. The highest BCUT2D eigenvalue weighted by Crippen LogP contribution is 2.22. The van der Waals surface area contributed by atoms with E-state index >= 15 is 0 Å². The standard InChI is InChI=1S/C14H18ClN3O3S/c1-4-18-9-13(15)14(16-18)10-17(2)22(19,20)12-7-5-11(21-3)6-8-12/h5-9H,4,10H2,1-3H3. The summed E-state index contributed by atoms with van der Waals surface area (Å²) in [7, 11) is -0.576. The van der Waals surface area contributed by atoms with Gasteiger partial charge in [-0.25, -0.2) is 8.42 Å². The van der Waals surface area contributed by atoms with E-state index in [1.165, 1.54) is 30.6 Å². The van der Waals surface area contributed by atoms with Crippen LogP contribution in [0.25, 0.3) is 0 Å². The van der Waals surface area contributed by atoms with Gasteiger partial charge in [0.25, 0.3) is 0 Å². The van der Waals surface area contributed by atoms with Crippen molar-refractivity contribution in [3.63, 3.8) is 0 Å². The summed E-state index contributed by atoms with van der Waals surface area (Å²) in [6, 6.07) is 6.24. The first-order chi connectivity index (χ1) is 10.4. The smallest absolute Gasteiger partial charge is 0.243 e. The second-order valence-electron chi connectivity index (χ2n) is 4.72. The normalized spacial score (nSPS) is 11.9. The Kier molecular flexibility index (Phi) is 5.10. The summed E-state index contributed by atoms with van der Waals surface area (Å²) >= 11 is 6.08. The van der Waals surface area contributed by atoms with Gasteiger partial charge < -0.3 is 4.74 Å². The number of aryl methyl sites for hydroxylation is 1. The van der Waals surface area contributed by atoms with E-state index in [1.807, 2.05) is 6.92 Å². The Morgan fingerprint density at radius 3 is 2.45 bits per heavy atom. The molecule has 6 nitrogen and oxygen atoms in total. The van der Waals surface area contributed by atoms with Gasteiger partial charge in [0.1, 0.15) is 5.75 Å². The molecule has 0 aliphatic rings. The minimum absolute atomic E-state index is 0.111. The number of halogens is 1. The molecule has 0 aliphatic heterocycles. The van der Waals surface area contributed by atoms with Crippen LogP contribution >= 0.6 is 11.6 Å². The van der Waals surface area contributed by atoms with Crippen molar-refractivity contribution in [2.45, 2.75) is 24.9 Å². The third-order valence-corrected chi connectivity index (χ3v) is 5.38. The minimum atomic E-state index is -3.61. The lowest BCUT2D eigenvalue weighted by molar-refractivity contribution is 0.414. The molecule has 0 atom stereocenters. The molecule has 0 radical (unpaired) electrons. The largest absolute Gasteiger partial charge is 0.497 e. The van der Waals surface area contributed by atoms with Crippen LogP contribution in [0.1, 0.15) is 12.6 Å². The van der Waals surface area contributed by atoms with E-state index in [-0.39, 0.29) is 11.4 Å². The lowest BCUT2D eigenvalue weighted by Crippen LogP contribution is -2.26. The van der Waals surface area contributed by atoms with Crippen molar-refractivity contribution in [2.24, 2.45) is 0 Å². The zero-order valence-corrected chi connectivity index (χ0v) is 14.2. The molecule has 0 bridgehead atoms. The number of sulfonamides is 1. The fourth-order valence-corrected chi connectivity index (χ4v) is 3.27. The average molecular weight is 344 g/mol. The van der Waals surface area contributed by atoms with Crippen LogP contribution < -0.4 is 4.74 Å². The summed E-state index contributed by atoms with van der Waals surface area (Å²) in [4.78, 5) is 0.196. The molecule has 1 aromatic carbocycles. The Labute approximate surface area is 135 Å². The number of ether oxygens (including phenoxy) is 1. The van der Waals surface area contributed by atoms with E-state index in [0.717, 1.165) is 0 Å². The molecule has 0 aliphatic carbocycles. The number of aromatic nitrogens is 2. The van der Waals surface area contributed by atoms with Crippen molar-refractivity contribution in [3.8, 4) is 5.75 Å². The summed E-state index contributed by atoms with van der Waals surface area (Å²) in [5, 5.41) is 4.72.